The van der Waals surface area contributed by atoms with E-state index < -0.39 is 28.9 Å². The number of alkyl carbamates (subject to hydrolysis) is 1. The van der Waals surface area contributed by atoms with Gasteiger partial charge in [0, 0.05) is 5.56 Å². The van der Waals surface area contributed by atoms with E-state index in [-0.39, 0.29) is 0 Å². The summed E-state index contributed by atoms with van der Waals surface area (Å²) in [5.41, 5.74) is -0.470. The van der Waals surface area contributed by atoms with Crippen LogP contribution in [0.2, 0.25) is 0 Å². The molecule has 0 aliphatic heterocycles. The van der Waals surface area contributed by atoms with Gasteiger partial charge in [0.15, 0.2) is 11.6 Å². The number of carbonyl (C=O) groups excluding carboxylic acids is 1. The van der Waals surface area contributed by atoms with Crippen LogP contribution in [0.5, 0.6) is 0 Å². The number of aromatic nitrogens is 2. The van der Waals surface area contributed by atoms with Crippen molar-refractivity contribution in [3.8, 4) is 11.3 Å². The molecule has 5 nitrogen and oxygen atoms in total. The largest absolute Gasteiger partial charge is 0.444 e. The Morgan fingerprint density at radius 2 is 1.83 bits per heavy atom. The molecule has 130 valence electrons. The summed E-state index contributed by atoms with van der Waals surface area (Å²) >= 11 is 0. The van der Waals surface area contributed by atoms with Crippen molar-refractivity contribution >= 4 is 6.09 Å². The molecule has 24 heavy (non-hydrogen) atoms. The number of aromatic amines is 1. The minimum atomic E-state index is -0.935. The Kier molecular flexibility index (Phi) is 4.64. The average molecular weight is 337 g/mol. The maximum atomic E-state index is 13.4. The van der Waals surface area contributed by atoms with E-state index in [2.05, 4.69) is 15.3 Å². The number of nitrogens with zero attached hydrogens (tertiary/aromatic N) is 1. The third kappa shape index (κ3) is 4.31. The summed E-state index contributed by atoms with van der Waals surface area (Å²) in [6.07, 6.45) is 0.929. The van der Waals surface area contributed by atoms with Gasteiger partial charge in [0.25, 0.3) is 0 Å². The fourth-order valence-electron chi connectivity index (χ4n) is 2.07. The predicted octanol–water partition coefficient (Wildman–Crippen LogP) is 4.11. The summed E-state index contributed by atoms with van der Waals surface area (Å²) in [4.78, 5) is 19.2. The summed E-state index contributed by atoms with van der Waals surface area (Å²) in [6, 6.07) is 3.58. The van der Waals surface area contributed by atoms with Gasteiger partial charge in [-0.1, -0.05) is 0 Å². The summed E-state index contributed by atoms with van der Waals surface area (Å²) in [5.74, 6) is -1.38. The third-order valence-electron chi connectivity index (χ3n) is 3.21. The Balaban J connectivity index is 2.19. The first-order valence-corrected chi connectivity index (χ1v) is 7.50. The fraction of sp³-hybridized carbons (Fsp3) is 0.412. The van der Waals surface area contributed by atoms with E-state index in [9.17, 15) is 13.6 Å². The van der Waals surface area contributed by atoms with Crippen molar-refractivity contribution in [1.82, 2.24) is 15.3 Å². The van der Waals surface area contributed by atoms with Gasteiger partial charge >= 0.3 is 6.09 Å². The molecule has 2 aromatic rings. The molecular weight excluding hydrogens is 316 g/mol. The Morgan fingerprint density at radius 1 is 1.17 bits per heavy atom. The van der Waals surface area contributed by atoms with Gasteiger partial charge in [-0.2, -0.15) is 0 Å². The molecule has 1 heterocycles. The molecule has 0 fully saturated rings. The van der Waals surface area contributed by atoms with E-state index in [1.807, 2.05) is 0 Å². The van der Waals surface area contributed by atoms with Crippen LogP contribution in [-0.4, -0.2) is 21.7 Å². The molecule has 1 aromatic carbocycles. The van der Waals surface area contributed by atoms with E-state index >= 15 is 0 Å². The highest BCUT2D eigenvalue weighted by Gasteiger charge is 2.29. The monoisotopic (exact) mass is 337 g/mol. The normalized spacial score (nSPS) is 12.1. The second-order valence-electron chi connectivity index (χ2n) is 7.03. The summed E-state index contributed by atoms with van der Waals surface area (Å²) in [5, 5.41) is 2.73. The number of hydrogen-bond acceptors (Lipinski definition) is 3. The van der Waals surface area contributed by atoms with Crippen molar-refractivity contribution in [3.05, 3.63) is 41.9 Å². The number of hydrogen-bond donors (Lipinski definition) is 2. The number of H-pyrrole nitrogens is 1. The number of benzene rings is 1. The second-order valence-corrected chi connectivity index (χ2v) is 7.03. The van der Waals surface area contributed by atoms with Crippen molar-refractivity contribution < 1.29 is 18.3 Å². The number of nitrogens with one attached hydrogen (secondary N) is 2. The van der Waals surface area contributed by atoms with Crippen LogP contribution in [-0.2, 0) is 10.3 Å². The summed E-state index contributed by atoms with van der Waals surface area (Å²) < 4.78 is 31.6. The van der Waals surface area contributed by atoms with Gasteiger partial charge in [-0.05, 0) is 52.8 Å². The summed E-state index contributed by atoms with van der Waals surface area (Å²) in [6.45, 7) is 8.82. The van der Waals surface area contributed by atoms with Gasteiger partial charge in [0.1, 0.15) is 11.4 Å². The van der Waals surface area contributed by atoms with Crippen LogP contribution in [0.25, 0.3) is 11.3 Å². The topological polar surface area (TPSA) is 67.0 Å². The van der Waals surface area contributed by atoms with E-state index in [1.165, 1.54) is 12.3 Å². The lowest BCUT2D eigenvalue weighted by molar-refractivity contribution is 0.0466. The van der Waals surface area contributed by atoms with Gasteiger partial charge in [-0.3, -0.25) is 0 Å². The molecule has 0 aliphatic carbocycles. The van der Waals surface area contributed by atoms with Crippen LogP contribution in [0.4, 0.5) is 13.6 Å². The SMILES string of the molecule is CC(C)(C)OC(=O)NC(C)(C)c1ncc(-c2ccc(F)c(F)c2)[nH]1. The van der Waals surface area contributed by atoms with Crippen molar-refractivity contribution in [2.45, 2.75) is 45.8 Å². The van der Waals surface area contributed by atoms with Gasteiger partial charge in [-0.25, -0.2) is 18.6 Å². The van der Waals surface area contributed by atoms with E-state index in [4.69, 9.17) is 4.74 Å². The second kappa shape index (κ2) is 6.22. The molecule has 7 heteroatoms. The van der Waals surface area contributed by atoms with Crippen LogP contribution in [0.15, 0.2) is 24.4 Å². The van der Waals surface area contributed by atoms with Crippen molar-refractivity contribution in [2.75, 3.05) is 0 Å². The highest BCUT2D eigenvalue weighted by molar-refractivity contribution is 5.69. The zero-order valence-electron chi connectivity index (χ0n) is 14.3. The maximum Gasteiger partial charge on any atom is 0.408 e. The van der Waals surface area contributed by atoms with E-state index in [0.717, 1.165) is 12.1 Å². The van der Waals surface area contributed by atoms with Crippen LogP contribution >= 0.6 is 0 Å². The van der Waals surface area contributed by atoms with Crippen LogP contribution in [0.3, 0.4) is 0 Å². The zero-order valence-corrected chi connectivity index (χ0v) is 14.3. The van der Waals surface area contributed by atoms with Crippen molar-refractivity contribution in [2.24, 2.45) is 0 Å². The number of imidazole rings is 1. The number of amides is 1. The number of carbonyl (C=O) groups is 1. The Labute approximate surface area is 139 Å². The molecule has 1 aromatic heterocycles. The molecule has 0 aliphatic rings. The number of ether oxygens (including phenoxy) is 1. The highest BCUT2D eigenvalue weighted by Crippen LogP contribution is 2.24. The molecule has 0 saturated heterocycles. The van der Waals surface area contributed by atoms with Gasteiger partial charge < -0.3 is 15.0 Å². The van der Waals surface area contributed by atoms with Gasteiger partial charge in [0.05, 0.1) is 17.4 Å². The van der Waals surface area contributed by atoms with Gasteiger partial charge in [-0.15, -0.1) is 0 Å². The Hall–Kier alpha value is -2.44. The molecule has 0 atom stereocenters. The average Bonchev–Trinajstić information content (AvgIpc) is 2.89. The molecule has 0 radical (unpaired) electrons. The minimum absolute atomic E-state index is 0.459. The third-order valence-corrected chi connectivity index (χ3v) is 3.21. The maximum absolute atomic E-state index is 13.4. The Morgan fingerprint density at radius 3 is 2.42 bits per heavy atom. The smallest absolute Gasteiger partial charge is 0.408 e. The first-order chi connectivity index (χ1) is 11.0. The lowest BCUT2D eigenvalue weighted by Gasteiger charge is -2.27. The minimum Gasteiger partial charge on any atom is -0.444 e. The predicted molar refractivity (Wildman–Crippen MR) is 86.3 cm³/mol. The standard InChI is InChI=1S/C17H21F2N3O2/c1-16(2,3)24-15(23)22-17(4,5)14-20-9-13(21-14)10-6-7-11(18)12(19)8-10/h6-9H,1-5H3,(H,20,21)(H,22,23). The lowest BCUT2D eigenvalue weighted by atomic mass is 10.1. The lowest BCUT2D eigenvalue weighted by Crippen LogP contribution is -2.44. The number of rotatable bonds is 3. The molecule has 0 saturated carbocycles. The molecular formula is C17H21F2N3O2. The molecule has 2 rings (SSSR count). The van der Waals surface area contributed by atoms with E-state index in [1.54, 1.807) is 34.6 Å². The van der Waals surface area contributed by atoms with Crippen molar-refractivity contribution in [1.29, 1.82) is 0 Å². The first-order valence-electron chi connectivity index (χ1n) is 7.50. The molecule has 0 unspecified atom stereocenters. The van der Waals surface area contributed by atoms with Crippen molar-refractivity contribution in [3.63, 3.8) is 0 Å². The zero-order chi connectivity index (χ0) is 18.1. The molecule has 0 spiro atoms. The molecule has 1 amide bonds. The van der Waals surface area contributed by atoms with Gasteiger partial charge in [0.2, 0.25) is 0 Å². The van der Waals surface area contributed by atoms with Crippen LogP contribution < -0.4 is 5.32 Å². The molecule has 2 N–H and O–H groups in total. The fourth-order valence-corrected chi connectivity index (χ4v) is 2.07. The van der Waals surface area contributed by atoms with E-state index in [0.29, 0.717) is 17.1 Å². The quantitative estimate of drug-likeness (QED) is 0.885. The van der Waals surface area contributed by atoms with Crippen LogP contribution in [0, 0.1) is 11.6 Å². The summed E-state index contributed by atoms with van der Waals surface area (Å²) in [7, 11) is 0. The van der Waals surface area contributed by atoms with Crippen LogP contribution in [0.1, 0.15) is 40.4 Å². The highest BCUT2D eigenvalue weighted by atomic mass is 19.2. The Bertz CT molecular complexity index is 749. The first kappa shape index (κ1) is 17.9. The molecule has 0 bridgehead atoms. The number of halogens is 2.